The Kier molecular flexibility index (Phi) is 3.81. The van der Waals surface area contributed by atoms with Gasteiger partial charge < -0.3 is 10.1 Å². The summed E-state index contributed by atoms with van der Waals surface area (Å²) in [7, 11) is 0. The summed E-state index contributed by atoms with van der Waals surface area (Å²) < 4.78 is 5.11. The van der Waals surface area contributed by atoms with E-state index in [1.807, 2.05) is 27.7 Å². The molecule has 0 aliphatic rings. The molecule has 0 bridgehead atoms. The highest BCUT2D eigenvalue weighted by Crippen LogP contribution is 2.06. The molecule has 0 saturated carbocycles. The largest absolute Gasteiger partial charge is 0.444 e. The maximum atomic E-state index is 11.4. The number of alkyl carbamates (subject to hydrolysis) is 1. The maximum absolute atomic E-state index is 11.4. The fraction of sp³-hybridized carbons (Fsp3) is 0.778. The molecule has 1 atom stereocenters. The van der Waals surface area contributed by atoms with Crippen molar-refractivity contribution in [1.82, 2.24) is 25.5 Å². The van der Waals surface area contributed by atoms with Crippen LogP contribution in [0.15, 0.2) is 6.33 Å². The lowest BCUT2D eigenvalue weighted by Gasteiger charge is -2.21. The monoisotopic (exact) mass is 227 g/mol. The molecule has 0 fully saturated rings. The molecule has 0 aliphatic heterocycles. The second-order valence-corrected chi connectivity index (χ2v) is 4.54. The summed E-state index contributed by atoms with van der Waals surface area (Å²) >= 11 is 0. The number of carbonyl (C=O) groups excluding carboxylic acids is 1. The number of hydrogen-bond donors (Lipinski definition) is 1. The highest BCUT2D eigenvalue weighted by atomic mass is 16.6. The summed E-state index contributed by atoms with van der Waals surface area (Å²) in [5.74, 6) is 0. The number of tetrazole rings is 1. The third-order valence-electron chi connectivity index (χ3n) is 1.59. The van der Waals surface area contributed by atoms with Crippen LogP contribution in [-0.2, 0) is 11.3 Å². The first kappa shape index (κ1) is 12.4. The number of carbonyl (C=O) groups is 1. The minimum absolute atomic E-state index is 0.121. The van der Waals surface area contributed by atoms with Crippen LogP contribution >= 0.6 is 0 Å². The third kappa shape index (κ3) is 4.72. The molecular weight excluding hydrogens is 210 g/mol. The van der Waals surface area contributed by atoms with Gasteiger partial charge >= 0.3 is 6.09 Å². The molecule has 0 aliphatic carbocycles. The van der Waals surface area contributed by atoms with Gasteiger partial charge in [-0.2, -0.15) is 4.80 Å². The molecule has 0 spiro atoms. The summed E-state index contributed by atoms with van der Waals surface area (Å²) in [6.07, 6.45) is 0.903. The summed E-state index contributed by atoms with van der Waals surface area (Å²) in [6, 6.07) is -0.121. The first-order chi connectivity index (χ1) is 7.37. The van der Waals surface area contributed by atoms with E-state index >= 15 is 0 Å². The minimum Gasteiger partial charge on any atom is -0.444 e. The number of aromatic nitrogens is 4. The van der Waals surface area contributed by atoms with Crippen LogP contribution in [0.25, 0.3) is 0 Å². The fourth-order valence-corrected chi connectivity index (χ4v) is 1.07. The lowest BCUT2D eigenvalue weighted by Crippen LogP contribution is -2.39. The van der Waals surface area contributed by atoms with Crippen molar-refractivity contribution in [2.24, 2.45) is 0 Å². The van der Waals surface area contributed by atoms with Crippen LogP contribution in [0.3, 0.4) is 0 Å². The highest BCUT2D eigenvalue weighted by Gasteiger charge is 2.17. The molecule has 1 heterocycles. The van der Waals surface area contributed by atoms with E-state index in [0.717, 1.165) is 0 Å². The van der Waals surface area contributed by atoms with Gasteiger partial charge in [0.2, 0.25) is 0 Å². The van der Waals surface area contributed by atoms with Gasteiger partial charge in [-0.15, -0.1) is 10.2 Å². The van der Waals surface area contributed by atoms with E-state index < -0.39 is 11.7 Å². The molecule has 0 aromatic carbocycles. The average molecular weight is 227 g/mol. The highest BCUT2D eigenvalue weighted by molar-refractivity contribution is 5.67. The van der Waals surface area contributed by atoms with Gasteiger partial charge in [0, 0.05) is 0 Å². The van der Waals surface area contributed by atoms with Crippen molar-refractivity contribution in [3.63, 3.8) is 0 Å². The van der Waals surface area contributed by atoms with Crippen molar-refractivity contribution in [3.8, 4) is 0 Å². The SMILES string of the molecule is C[C@H](Cn1ncnn1)NC(=O)OC(C)(C)C. The zero-order valence-electron chi connectivity index (χ0n) is 9.97. The van der Waals surface area contributed by atoms with Crippen LogP contribution in [0.1, 0.15) is 27.7 Å². The van der Waals surface area contributed by atoms with E-state index in [1.165, 1.54) is 11.1 Å². The van der Waals surface area contributed by atoms with Gasteiger partial charge in [-0.05, 0) is 32.9 Å². The second-order valence-electron chi connectivity index (χ2n) is 4.54. The number of hydrogen-bond acceptors (Lipinski definition) is 5. The molecule has 0 saturated heterocycles. The minimum atomic E-state index is -0.491. The number of rotatable bonds is 3. The predicted molar refractivity (Wildman–Crippen MR) is 56.6 cm³/mol. The van der Waals surface area contributed by atoms with Gasteiger partial charge in [0.15, 0.2) is 6.33 Å². The second kappa shape index (κ2) is 4.91. The first-order valence-corrected chi connectivity index (χ1v) is 5.07. The number of nitrogens with one attached hydrogen (secondary N) is 1. The average Bonchev–Trinajstić information content (AvgIpc) is 2.51. The molecule has 1 aromatic heterocycles. The van der Waals surface area contributed by atoms with Gasteiger partial charge in [-0.3, -0.25) is 0 Å². The van der Waals surface area contributed by atoms with Crippen LogP contribution in [-0.4, -0.2) is 37.9 Å². The van der Waals surface area contributed by atoms with Crippen molar-refractivity contribution in [1.29, 1.82) is 0 Å². The van der Waals surface area contributed by atoms with Crippen molar-refractivity contribution in [2.75, 3.05) is 0 Å². The Bertz CT molecular complexity index is 330. The van der Waals surface area contributed by atoms with Crippen LogP contribution in [0.4, 0.5) is 4.79 Å². The maximum Gasteiger partial charge on any atom is 0.407 e. The van der Waals surface area contributed by atoms with E-state index in [2.05, 4.69) is 20.7 Å². The Morgan fingerprint density at radius 1 is 1.56 bits per heavy atom. The Labute approximate surface area is 94.2 Å². The van der Waals surface area contributed by atoms with Gasteiger partial charge in [0.25, 0.3) is 0 Å². The van der Waals surface area contributed by atoms with Crippen molar-refractivity contribution in [3.05, 3.63) is 6.33 Å². The molecule has 0 unspecified atom stereocenters. The van der Waals surface area contributed by atoms with Gasteiger partial charge in [0.1, 0.15) is 5.60 Å². The normalized spacial score (nSPS) is 13.2. The van der Waals surface area contributed by atoms with Gasteiger partial charge in [0.05, 0.1) is 12.6 Å². The molecule has 0 radical (unpaired) electrons. The fourth-order valence-electron chi connectivity index (χ4n) is 1.07. The molecule has 7 nitrogen and oxygen atoms in total. The van der Waals surface area contributed by atoms with E-state index in [4.69, 9.17) is 4.74 Å². The number of ether oxygens (including phenoxy) is 1. The predicted octanol–water partition coefficient (Wildman–Crippen LogP) is 0.586. The van der Waals surface area contributed by atoms with Crippen LogP contribution in [0.2, 0.25) is 0 Å². The zero-order chi connectivity index (χ0) is 12.2. The Balaban J connectivity index is 2.34. The number of amides is 1. The Morgan fingerprint density at radius 2 is 2.25 bits per heavy atom. The van der Waals surface area contributed by atoms with E-state index in [1.54, 1.807) is 0 Å². The van der Waals surface area contributed by atoms with Crippen molar-refractivity contribution >= 4 is 6.09 Å². The quantitative estimate of drug-likeness (QED) is 0.817. The van der Waals surface area contributed by atoms with Crippen molar-refractivity contribution in [2.45, 2.75) is 45.9 Å². The lowest BCUT2D eigenvalue weighted by atomic mass is 10.2. The summed E-state index contributed by atoms with van der Waals surface area (Å²) in [5, 5.41) is 13.8. The van der Waals surface area contributed by atoms with Gasteiger partial charge in [-0.1, -0.05) is 0 Å². The van der Waals surface area contributed by atoms with E-state index in [-0.39, 0.29) is 6.04 Å². The summed E-state index contributed by atoms with van der Waals surface area (Å²) in [4.78, 5) is 12.8. The molecule has 1 aromatic rings. The molecule has 1 N–H and O–H groups in total. The molecule has 90 valence electrons. The lowest BCUT2D eigenvalue weighted by molar-refractivity contribution is 0.0502. The first-order valence-electron chi connectivity index (χ1n) is 5.07. The summed E-state index contributed by atoms with van der Waals surface area (Å²) in [5.41, 5.74) is -0.491. The molecular formula is C9H17N5O2. The van der Waals surface area contributed by atoms with Crippen LogP contribution < -0.4 is 5.32 Å². The molecule has 16 heavy (non-hydrogen) atoms. The van der Waals surface area contributed by atoms with E-state index in [9.17, 15) is 4.79 Å². The third-order valence-corrected chi connectivity index (χ3v) is 1.59. The molecule has 1 rings (SSSR count). The van der Waals surface area contributed by atoms with Crippen molar-refractivity contribution < 1.29 is 9.53 Å². The van der Waals surface area contributed by atoms with E-state index in [0.29, 0.717) is 6.54 Å². The zero-order valence-corrected chi connectivity index (χ0v) is 9.97. The van der Waals surface area contributed by atoms with Gasteiger partial charge in [-0.25, -0.2) is 4.79 Å². The Hall–Kier alpha value is -1.66. The topological polar surface area (TPSA) is 81.9 Å². The molecule has 1 amide bonds. The Morgan fingerprint density at radius 3 is 2.75 bits per heavy atom. The number of nitrogens with zero attached hydrogens (tertiary/aromatic N) is 4. The van der Waals surface area contributed by atoms with Crippen LogP contribution in [0, 0.1) is 0 Å². The smallest absolute Gasteiger partial charge is 0.407 e. The molecule has 7 heteroatoms. The summed E-state index contributed by atoms with van der Waals surface area (Å²) in [6.45, 7) is 7.75. The standard InChI is InChI=1S/C9H17N5O2/c1-7(5-14-11-6-10-13-14)12-8(15)16-9(2,3)4/h6-7H,5H2,1-4H3,(H,12,15)/t7-/m1/s1. The van der Waals surface area contributed by atoms with Crippen LogP contribution in [0.5, 0.6) is 0 Å².